The summed E-state index contributed by atoms with van der Waals surface area (Å²) in [7, 11) is -16.5. The Morgan fingerprint density at radius 1 is 1.17 bits per heavy atom. The molecular weight excluding hydrogens is 477 g/mol. The van der Waals surface area contributed by atoms with Crippen molar-refractivity contribution >= 4 is 34.6 Å². The molecule has 30 heavy (non-hydrogen) atoms. The van der Waals surface area contributed by atoms with Crippen molar-refractivity contribution in [1.29, 1.82) is 0 Å². The summed E-state index contributed by atoms with van der Waals surface area (Å²) in [5.74, 6) is 0. The summed E-state index contributed by atoms with van der Waals surface area (Å²) in [6.45, 7) is -0.724. The third kappa shape index (κ3) is 5.68. The second-order valence-electron chi connectivity index (χ2n) is 5.89. The molecule has 168 valence electrons. The number of hydrogen-bond acceptors (Lipinski definition) is 11. The van der Waals surface area contributed by atoms with Crippen LogP contribution in [0, 0.1) is 0 Å². The molecule has 1 fully saturated rings. The number of aliphatic hydroxyl groups is 1. The van der Waals surface area contributed by atoms with Gasteiger partial charge in [-0.2, -0.15) is 8.62 Å². The van der Waals surface area contributed by atoms with Crippen molar-refractivity contribution in [3.05, 3.63) is 23.0 Å². The van der Waals surface area contributed by atoms with Gasteiger partial charge in [-0.25, -0.2) is 23.7 Å². The summed E-state index contributed by atoms with van der Waals surface area (Å²) in [6.07, 6.45) is -1.07. The van der Waals surface area contributed by atoms with Gasteiger partial charge in [-0.1, -0.05) is 0 Å². The zero-order valence-electron chi connectivity index (χ0n) is 14.5. The first-order chi connectivity index (χ1) is 13.8. The number of nitrogens with zero attached hydrogens (tertiary/aromatic N) is 3. The maximum atomic E-state index is 11.7. The van der Waals surface area contributed by atoms with Gasteiger partial charge in [0.2, 0.25) is 0 Å². The highest BCUT2D eigenvalue weighted by molar-refractivity contribution is 7.66. The van der Waals surface area contributed by atoms with Crippen molar-refractivity contribution in [1.82, 2.24) is 19.5 Å². The topological polar surface area (TPSA) is 253 Å². The van der Waals surface area contributed by atoms with E-state index in [1.54, 1.807) is 0 Å². The third-order valence-corrected chi connectivity index (χ3v) is 7.45. The summed E-state index contributed by atoms with van der Waals surface area (Å²) in [6, 6.07) is 0. The van der Waals surface area contributed by atoms with Gasteiger partial charge in [-0.15, -0.1) is 0 Å². The fraction of sp³-hybridized carbons (Fsp3) is 0.500. The van der Waals surface area contributed by atoms with Crippen LogP contribution < -0.4 is 5.56 Å². The van der Waals surface area contributed by atoms with Gasteiger partial charge in [0.1, 0.15) is 6.10 Å². The minimum Gasteiger partial charge on any atom is -0.388 e. The lowest BCUT2D eigenvalue weighted by atomic mass is 10.2. The molecule has 0 aliphatic carbocycles. The molecule has 0 saturated carbocycles. The molecule has 1 saturated heterocycles. The summed E-state index contributed by atoms with van der Waals surface area (Å²) < 4.78 is 52.0. The lowest BCUT2D eigenvalue weighted by Crippen LogP contribution is -2.20. The molecule has 2 aromatic rings. The minimum atomic E-state index is -5.64. The molecule has 0 aromatic carbocycles. The maximum Gasteiger partial charge on any atom is 0.490 e. The fourth-order valence-electron chi connectivity index (χ4n) is 2.62. The summed E-state index contributed by atoms with van der Waals surface area (Å²) in [4.78, 5) is 57.3. The second-order valence-corrected chi connectivity index (χ2v) is 10.3. The van der Waals surface area contributed by atoms with Crippen molar-refractivity contribution in [2.75, 3.05) is 6.61 Å². The number of rotatable bonds is 8. The monoisotopic (exact) mass is 492 g/mol. The average Bonchev–Trinajstić information content (AvgIpc) is 3.13. The van der Waals surface area contributed by atoms with E-state index in [-0.39, 0.29) is 17.6 Å². The fourth-order valence-corrected chi connectivity index (χ4v) is 5.67. The normalized spacial score (nSPS) is 26.5. The van der Waals surface area contributed by atoms with Gasteiger partial charge in [-0.3, -0.25) is 13.9 Å². The van der Waals surface area contributed by atoms with Gasteiger partial charge in [0.25, 0.3) is 5.56 Å². The molecule has 3 heterocycles. The minimum absolute atomic E-state index is 0.00925. The van der Waals surface area contributed by atoms with E-state index >= 15 is 0 Å². The van der Waals surface area contributed by atoms with Gasteiger partial charge in [-0.05, 0) is 0 Å². The van der Waals surface area contributed by atoms with Crippen LogP contribution in [0.5, 0.6) is 0 Å². The number of aromatic amines is 1. The van der Waals surface area contributed by atoms with Crippen LogP contribution in [0.1, 0.15) is 12.6 Å². The van der Waals surface area contributed by atoms with E-state index in [0.29, 0.717) is 0 Å². The van der Waals surface area contributed by atoms with Crippen LogP contribution in [0.2, 0.25) is 0 Å². The Hall–Kier alpha value is -1.32. The molecule has 0 amide bonds. The number of aliphatic hydroxyl groups excluding tert-OH is 1. The molecule has 1 aliphatic heterocycles. The molecule has 0 spiro atoms. The largest absolute Gasteiger partial charge is 0.490 e. The summed E-state index contributed by atoms with van der Waals surface area (Å²) >= 11 is 0. The van der Waals surface area contributed by atoms with Gasteiger partial charge in [0.15, 0.2) is 17.4 Å². The van der Waals surface area contributed by atoms with Crippen LogP contribution in [0.25, 0.3) is 11.2 Å². The lowest BCUT2D eigenvalue weighted by molar-refractivity contribution is -0.0481. The molecule has 0 radical (unpaired) electrons. The smallest absolute Gasteiger partial charge is 0.388 e. The first-order valence-corrected chi connectivity index (χ1v) is 12.3. The molecule has 2 unspecified atom stereocenters. The van der Waals surface area contributed by atoms with E-state index in [1.165, 1.54) is 10.9 Å². The number of phosphoric acid groups is 3. The standard InChI is InChI=1S/C10H15N4O13P3/c15-6-1-5(2-24-29(20,21)27-30(22,23)26-28(17,18)19)25-10(6)14-4-13-7-8(14)11-3-12-9(7)16/h3-6,10,15H,1-2H2,(H,20,21)(H,22,23)(H,11,12,16)(H2,17,18,19)/t5-,6+,10+/m0/s1. The summed E-state index contributed by atoms with van der Waals surface area (Å²) in [5, 5.41) is 10.2. The predicted molar refractivity (Wildman–Crippen MR) is 92.5 cm³/mol. The molecule has 0 bridgehead atoms. The molecule has 2 aromatic heterocycles. The van der Waals surface area contributed by atoms with E-state index in [9.17, 15) is 28.5 Å². The number of H-pyrrole nitrogens is 1. The lowest BCUT2D eigenvalue weighted by Gasteiger charge is -2.18. The van der Waals surface area contributed by atoms with Crippen LogP contribution in [-0.2, 0) is 31.6 Å². The van der Waals surface area contributed by atoms with Crippen molar-refractivity contribution in [3.63, 3.8) is 0 Å². The zero-order chi connectivity index (χ0) is 22.3. The van der Waals surface area contributed by atoms with E-state index in [0.717, 1.165) is 6.33 Å². The first kappa shape index (κ1) is 23.3. The maximum absolute atomic E-state index is 11.7. The van der Waals surface area contributed by atoms with Gasteiger partial charge >= 0.3 is 23.5 Å². The van der Waals surface area contributed by atoms with Crippen molar-refractivity contribution in [3.8, 4) is 0 Å². The Bertz CT molecular complexity index is 1130. The quantitative estimate of drug-likeness (QED) is 0.244. The van der Waals surface area contributed by atoms with Crippen LogP contribution in [0.15, 0.2) is 17.4 Å². The number of aromatic nitrogens is 4. The van der Waals surface area contributed by atoms with Crippen LogP contribution >= 0.6 is 23.5 Å². The van der Waals surface area contributed by atoms with E-state index in [1.807, 2.05) is 0 Å². The highest BCUT2D eigenvalue weighted by atomic mass is 31.3. The molecule has 3 rings (SSSR count). The molecule has 17 nitrogen and oxygen atoms in total. The molecule has 20 heteroatoms. The first-order valence-electron chi connectivity index (χ1n) is 7.78. The van der Waals surface area contributed by atoms with Gasteiger partial charge < -0.3 is 34.4 Å². The van der Waals surface area contributed by atoms with E-state index in [2.05, 4.69) is 28.1 Å². The van der Waals surface area contributed by atoms with Gasteiger partial charge in [0, 0.05) is 6.42 Å². The Morgan fingerprint density at radius 3 is 2.53 bits per heavy atom. The number of fused-ring (bicyclic) bond motifs is 1. The van der Waals surface area contributed by atoms with Crippen molar-refractivity contribution < 1.29 is 56.3 Å². The molecule has 1 aliphatic rings. The Morgan fingerprint density at radius 2 is 1.87 bits per heavy atom. The predicted octanol–water partition coefficient (Wildman–Crippen LogP) is -0.889. The van der Waals surface area contributed by atoms with Crippen molar-refractivity contribution in [2.45, 2.75) is 24.9 Å². The number of ether oxygens (including phenoxy) is 1. The number of hydrogen-bond donors (Lipinski definition) is 6. The Labute approximate surface area is 165 Å². The third-order valence-electron chi connectivity index (χ3n) is 3.64. The highest BCUT2D eigenvalue weighted by Crippen LogP contribution is 2.66. The number of imidazole rings is 1. The van der Waals surface area contributed by atoms with Gasteiger partial charge in [0.05, 0.1) is 25.4 Å². The zero-order valence-corrected chi connectivity index (χ0v) is 17.2. The Balaban J connectivity index is 1.64. The molecule has 5 atom stereocenters. The van der Waals surface area contributed by atoms with Crippen LogP contribution in [0.3, 0.4) is 0 Å². The SMILES string of the molecule is O=c1[nH]cnc2c1ncn2[C@@H]1O[C@H](COP(=O)(O)OP(=O)(O)OP(=O)(O)O)C[C@H]1O. The second kappa shape index (κ2) is 8.31. The van der Waals surface area contributed by atoms with E-state index < -0.39 is 54.1 Å². The Kier molecular flexibility index (Phi) is 6.47. The number of nitrogens with one attached hydrogen (secondary N) is 1. The van der Waals surface area contributed by atoms with Crippen LogP contribution in [0.4, 0.5) is 0 Å². The van der Waals surface area contributed by atoms with Crippen molar-refractivity contribution in [2.24, 2.45) is 0 Å². The molecular formula is C10H15N4O13P3. The molecule has 6 N–H and O–H groups in total. The summed E-state index contributed by atoms with van der Waals surface area (Å²) in [5.41, 5.74) is -0.420. The highest BCUT2D eigenvalue weighted by Gasteiger charge is 2.42. The van der Waals surface area contributed by atoms with E-state index in [4.69, 9.17) is 19.4 Å². The average molecular weight is 492 g/mol. The number of phosphoric ester groups is 1. The van der Waals surface area contributed by atoms with Crippen LogP contribution in [-0.4, -0.2) is 63.0 Å².